The van der Waals surface area contributed by atoms with Crippen LogP contribution in [0.15, 0.2) is 24.3 Å². The molecule has 2 fully saturated rings. The third kappa shape index (κ3) is 2.81. The number of aliphatic hydroxyl groups excluding tert-OH is 1. The van der Waals surface area contributed by atoms with Crippen LogP contribution in [-0.2, 0) is 11.2 Å². The Labute approximate surface area is 132 Å². The second kappa shape index (κ2) is 6.28. The average molecular weight is 302 g/mol. The normalized spacial score (nSPS) is 33.2. The molecule has 0 saturated carbocycles. The van der Waals surface area contributed by atoms with Crippen molar-refractivity contribution in [1.29, 1.82) is 0 Å². The van der Waals surface area contributed by atoms with Crippen molar-refractivity contribution in [3.63, 3.8) is 0 Å². The van der Waals surface area contributed by atoms with Gasteiger partial charge in [-0.1, -0.05) is 24.3 Å². The van der Waals surface area contributed by atoms with E-state index < -0.39 is 0 Å². The van der Waals surface area contributed by atoms with Crippen molar-refractivity contribution in [2.45, 2.75) is 25.0 Å². The Hall–Kier alpha value is -0.940. The molecular weight excluding hydrogens is 276 g/mol. The van der Waals surface area contributed by atoms with Crippen molar-refractivity contribution < 1.29 is 9.84 Å². The zero-order valence-electron chi connectivity index (χ0n) is 13.2. The first-order valence-corrected chi connectivity index (χ1v) is 8.61. The first-order chi connectivity index (χ1) is 10.8. The number of nitrogens with zero attached hydrogens (tertiary/aromatic N) is 2. The van der Waals surface area contributed by atoms with E-state index in [0.717, 1.165) is 57.3 Å². The second-order valence-electron chi connectivity index (χ2n) is 6.98. The Bertz CT molecular complexity index is 516. The number of morpholine rings is 1. The van der Waals surface area contributed by atoms with Crippen LogP contribution in [0.1, 0.15) is 23.7 Å². The monoisotopic (exact) mass is 302 g/mol. The summed E-state index contributed by atoms with van der Waals surface area (Å²) in [5, 5.41) is 10.6. The van der Waals surface area contributed by atoms with E-state index in [9.17, 15) is 5.11 Å². The summed E-state index contributed by atoms with van der Waals surface area (Å²) in [5.74, 6) is 0.744. The topological polar surface area (TPSA) is 35.9 Å². The molecule has 3 aliphatic rings. The molecule has 0 bridgehead atoms. The van der Waals surface area contributed by atoms with Gasteiger partial charge in [-0.25, -0.2) is 0 Å². The molecule has 3 atom stereocenters. The third-order valence-corrected chi connectivity index (χ3v) is 5.57. The van der Waals surface area contributed by atoms with Crippen LogP contribution in [0.25, 0.3) is 0 Å². The summed E-state index contributed by atoms with van der Waals surface area (Å²) in [7, 11) is 0. The number of rotatable bonds is 3. The Morgan fingerprint density at radius 2 is 1.95 bits per heavy atom. The van der Waals surface area contributed by atoms with Crippen molar-refractivity contribution in [3.05, 3.63) is 35.4 Å². The Morgan fingerprint density at radius 1 is 1.14 bits per heavy atom. The Balaban J connectivity index is 1.35. The molecule has 0 aromatic heterocycles. The molecule has 2 heterocycles. The van der Waals surface area contributed by atoms with Crippen LogP contribution in [0.3, 0.4) is 0 Å². The molecule has 2 aliphatic heterocycles. The SMILES string of the molecule is OC1c2ccccc2CC1N1CCC(CN2CCOCC2)C1. The van der Waals surface area contributed by atoms with E-state index in [0.29, 0.717) is 0 Å². The summed E-state index contributed by atoms with van der Waals surface area (Å²) in [6, 6.07) is 8.66. The number of fused-ring (bicyclic) bond motifs is 1. The largest absolute Gasteiger partial charge is 0.387 e. The van der Waals surface area contributed by atoms with Gasteiger partial charge in [0, 0.05) is 32.2 Å². The minimum Gasteiger partial charge on any atom is -0.387 e. The average Bonchev–Trinajstić information content (AvgIpc) is 3.14. The molecule has 22 heavy (non-hydrogen) atoms. The lowest BCUT2D eigenvalue weighted by Gasteiger charge is -2.30. The van der Waals surface area contributed by atoms with Gasteiger partial charge in [0.15, 0.2) is 0 Å². The van der Waals surface area contributed by atoms with Crippen LogP contribution in [0.5, 0.6) is 0 Å². The van der Waals surface area contributed by atoms with E-state index in [4.69, 9.17) is 4.74 Å². The number of hydrogen-bond donors (Lipinski definition) is 1. The van der Waals surface area contributed by atoms with E-state index in [1.54, 1.807) is 0 Å². The van der Waals surface area contributed by atoms with Gasteiger partial charge >= 0.3 is 0 Å². The van der Waals surface area contributed by atoms with E-state index in [1.807, 2.05) is 6.07 Å². The van der Waals surface area contributed by atoms with E-state index in [1.165, 1.54) is 18.5 Å². The van der Waals surface area contributed by atoms with Crippen LogP contribution in [0.2, 0.25) is 0 Å². The van der Waals surface area contributed by atoms with Gasteiger partial charge in [-0.05, 0) is 36.4 Å². The third-order valence-electron chi connectivity index (χ3n) is 5.57. The van der Waals surface area contributed by atoms with Crippen molar-refractivity contribution >= 4 is 0 Å². The molecule has 0 spiro atoms. The lowest BCUT2D eigenvalue weighted by Crippen LogP contribution is -2.41. The predicted molar refractivity (Wildman–Crippen MR) is 85.8 cm³/mol. The molecular formula is C18H26N2O2. The van der Waals surface area contributed by atoms with Crippen molar-refractivity contribution in [2.75, 3.05) is 45.9 Å². The van der Waals surface area contributed by atoms with Gasteiger partial charge in [0.05, 0.1) is 19.3 Å². The molecule has 1 aromatic carbocycles. The fraction of sp³-hybridized carbons (Fsp3) is 0.667. The lowest BCUT2D eigenvalue weighted by molar-refractivity contribution is 0.0293. The molecule has 1 aliphatic carbocycles. The van der Waals surface area contributed by atoms with Crippen LogP contribution in [-0.4, -0.2) is 66.9 Å². The molecule has 1 aromatic rings. The number of ether oxygens (including phenoxy) is 1. The summed E-state index contributed by atoms with van der Waals surface area (Å²) in [5.41, 5.74) is 2.47. The zero-order chi connectivity index (χ0) is 14.9. The fourth-order valence-corrected chi connectivity index (χ4v) is 4.34. The highest BCUT2D eigenvalue weighted by Gasteiger charge is 2.38. The van der Waals surface area contributed by atoms with Gasteiger partial charge < -0.3 is 9.84 Å². The molecule has 3 unspecified atom stereocenters. The summed E-state index contributed by atoms with van der Waals surface area (Å²) < 4.78 is 5.43. The summed E-state index contributed by atoms with van der Waals surface area (Å²) in [6.07, 6.45) is 1.96. The molecule has 0 amide bonds. The first kappa shape index (κ1) is 14.6. The summed E-state index contributed by atoms with van der Waals surface area (Å²) in [4.78, 5) is 5.06. The highest BCUT2D eigenvalue weighted by Crippen LogP contribution is 2.36. The zero-order valence-corrected chi connectivity index (χ0v) is 13.2. The second-order valence-corrected chi connectivity index (χ2v) is 6.98. The van der Waals surface area contributed by atoms with Gasteiger partial charge in [0.2, 0.25) is 0 Å². The smallest absolute Gasteiger partial charge is 0.0951 e. The molecule has 0 radical (unpaired) electrons. The molecule has 4 nitrogen and oxygen atoms in total. The van der Waals surface area contributed by atoms with Crippen LogP contribution >= 0.6 is 0 Å². The first-order valence-electron chi connectivity index (χ1n) is 8.61. The van der Waals surface area contributed by atoms with Gasteiger partial charge in [0.1, 0.15) is 0 Å². The summed E-state index contributed by atoms with van der Waals surface area (Å²) in [6.45, 7) is 7.37. The maximum atomic E-state index is 10.6. The fourth-order valence-electron chi connectivity index (χ4n) is 4.34. The van der Waals surface area contributed by atoms with Crippen LogP contribution in [0.4, 0.5) is 0 Å². The Morgan fingerprint density at radius 3 is 2.77 bits per heavy atom. The van der Waals surface area contributed by atoms with Crippen LogP contribution < -0.4 is 0 Å². The van der Waals surface area contributed by atoms with Crippen LogP contribution in [0, 0.1) is 5.92 Å². The molecule has 1 N–H and O–H groups in total. The predicted octanol–water partition coefficient (Wildman–Crippen LogP) is 1.30. The van der Waals surface area contributed by atoms with Gasteiger partial charge in [-0.3, -0.25) is 9.80 Å². The number of likely N-dealkylation sites (tertiary alicyclic amines) is 1. The maximum Gasteiger partial charge on any atom is 0.0951 e. The lowest BCUT2D eigenvalue weighted by atomic mass is 10.1. The molecule has 120 valence electrons. The standard InChI is InChI=1S/C18H26N2O2/c21-18-16-4-2-1-3-15(16)11-17(18)20-6-5-14(13-20)12-19-7-9-22-10-8-19/h1-4,14,17-18,21H,5-13H2. The minimum atomic E-state index is -0.307. The maximum absolute atomic E-state index is 10.6. The number of aliphatic hydroxyl groups is 1. The number of benzene rings is 1. The highest BCUT2D eigenvalue weighted by molar-refractivity contribution is 5.36. The van der Waals surface area contributed by atoms with Gasteiger partial charge in [0.25, 0.3) is 0 Å². The highest BCUT2D eigenvalue weighted by atomic mass is 16.5. The van der Waals surface area contributed by atoms with E-state index in [-0.39, 0.29) is 12.1 Å². The molecule has 4 heteroatoms. The quantitative estimate of drug-likeness (QED) is 0.913. The van der Waals surface area contributed by atoms with Crippen molar-refractivity contribution in [2.24, 2.45) is 5.92 Å². The Kier molecular flexibility index (Phi) is 4.18. The summed E-state index contributed by atoms with van der Waals surface area (Å²) >= 11 is 0. The van der Waals surface area contributed by atoms with Crippen molar-refractivity contribution in [1.82, 2.24) is 9.80 Å². The minimum absolute atomic E-state index is 0.284. The van der Waals surface area contributed by atoms with E-state index >= 15 is 0 Å². The van der Waals surface area contributed by atoms with Gasteiger partial charge in [-0.15, -0.1) is 0 Å². The van der Waals surface area contributed by atoms with E-state index in [2.05, 4.69) is 28.0 Å². The van der Waals surface area contributed by atoms with Gasteiger partial charge in [-0.2, -0.15) is 0 Å². The molecule has 4 rings (SSSR count). The molecule has 2 saturated heterocycles. The van der Waals surface area contributed by atoms with Crippen molar-refractivity contribution in [3.8, 4) is 0 Å². The number of hydrogen-bond acceptors (Lipinski definition) is 4.